The molecule has 0 aliphatic heterocycles. The average Bonchev–Trinajstić information content (AvgIpc) is 2.46. The summed E-state index contributed by atoms with van der Waals surface area (Å²) in [5, 5.41) is 14.5. The minimum atomic E-state index is 0.446. The lowest BCUT2D eigenvalue weighted by molar-refractivity contribution is 0.682. The Morgan fingerprint density at radius 3 is 2.57 bits per heavy atom. The first-order valence-corrected chi connectivity index (χ1v) is 7.35. The van der Waals surface area contributed by atoms with Crippen LogP contribution in [0.15, 0.2) is 30.5 Å². The second kappa shape index (κ2) is 7.02. The molecule has 2 rings (SSSR count). The van der Waals surface area contributed by atoms with Crippen LogP contribution in [0.25, 0.3) is 0 Å². The van der Waals surface area contributed by atoms with Crippen LogP contribution < -0.4 is 10.6 Å². The predicted molar refractivity (Wildman–Crippen MR) is 87.0 cm³/mol. The molecule has 0 fully saturated rings. The zero-order valence-electron chi connectivity index (χ0n) is 13.1. The molecule has 0 atom stereocenters. The zero-order valence-corrected chi connectivity index (χ0v) is 13.1. The number of hydrogen-bond acceptors (Lipinski definition) is 5. The first-order valence-electron chi connectivity index (χ1n) is 7.35. The van der Waals surface area contributed by atoms with Gasteiger partial charge >= 0.3 is 0 Å². The summed E-state index contributed by atoms with van der Waals surface area (Å²) in [4.78, 5) is 4.44. The minimum absolute atomic E-state index is 0.446. The molecule has 5 heteroatoms. The Bertz CT molecular complexity index is 580. The van der Waals surface area contributed by atoms with Gasteiger partial charge in [0.2, 0.25) is 5.95 Å². The highest BCUT2D eigenvalue weighted by Crippen LogP contribution is 2.26. The zero-order chi connectivity index (χ0) is 15.2. The van der Waals surface area contributed by atoms with Gasteiger partial charge in [-0.25, -0.2) is 0 Å². The van der Waals surface area contributed by atoms with Crippen molar-refractivity contribution in [3.05, 3.63) is 36.0 Å². The summed E-state index contributed by atoms with van der Waals surface area (Å²) in [7, 11) is 0. The Kier molecular flexibility index (Phi) is 5.09. The molecule has 0 spiro atoms. The van der Waals surface area contributed by atoms with Crippen LogP contribution in [0.3, 0.4) is 0 Å². The van der Waals surface area contributed by atoms with E-state index < -0.39 is 0 Å². The molecule has 2 aromatic rings. The number of para-hydroxylation sites is 1. The molecule has 0 saturated carbocycles. The molecule has 1 heterocycles. The number of benzene rings is 1. The molecular formula is C16H23N5. The van der Waals surface area contributed by atoms with E-state index in [-0.39, 0.29) is 0 Å². The molecule has 21 heavy (non-hydrogen) atoms. The van der Waals surface area contributed by atoms with Crippen molar-refractivity contribution in [2.75, 3.05) is 17.2 Å². The Hall–Kier alpha value is -2.17. The number of nitrogens with one attached hydrogen (secondary N) is 2. The minimum Gasteiger partial charge on any atom is -0.353 e. The average molecular weight is 285 g/mol. The summed E-state index contributed by atoms with van der Waals surface area (Å²) >= 11 is 0. The lowest BCUT2D eigenvalue weighted by Crippen LogP contribution is -2.12. The number of nitrogens with zero attached hydrogens (tertiary/aromatic N) is 3. The fourth-order valence-corrected chi connectivity index (χ4v) is 1.99. The van der Waals surface area contributed by atoms with Gasteiger partial charge in [0.15, 0.2) is 5.82 Å². The van der Waals surface area contributed by atoms with Crippen molar-refractivity contribution in [1.82, 2.24) is 15.2 Å². The van der Waals surface area contributed by atoms with Gasteiger partial charge in [0.05, 0.1) is 6.20 Å². The molecule has 1 aromatic carbocycles. The second-order valence-corrected chi connectivity index (χ2v) is 5.81. The Morgan fingerprint density at radius 2 is 1.86 bits per heavy atom. The molecular weight excluding hydrogens is 262 g/mol. The molecule has 1 aromatic heterocycles. The molecule has 0 radical (unpaired) electrons. The van der Waals surface area contributed by atoms with Gasteiger partial charge in [-0.05, 0) is 23.5 Å². The van der Waals surface area contributed by atoms with Crippen LogP contribution in [0.2, 0.25) is 0 Å². The largest absolute Gasteiger partial charge is 0.353 e. The third-order valence-electron chi connectivity index (χ3n) is 3.07. The van der Waals surface area contributed by atoms with Crippen molar-refractivity contribution in [3.8, 4) is 0 Å². The fourth-order valence-electron chi connectivity index (χ4n) is 1.99. The molecule has 112 valence electrons. The summed E-state index contributed by atoms with van der Waals surface area (Å²) in [6.45, 7) is 9.46. The van der Waals surface area contributed by atoms with Crippen LogP contribution in [0.5, 0.6) is 0 Å². The molecule has 0 aliphatic rings. The van der Waals surface area contributed by atoms with E-state index in [1.165, 1.54) is 5.56 Å². The molecule has 2 N–H and O–H groups in total. The van der Waals surface area contributed by atoms with Gasteiger partial charge in [-0.2, -0.15) is 10.1 Å². The Morgan fingerprint density at radius 1 is 1.10 bits per heavy atom. The fraction of sp³-hybridized carbons (Fsp3) is 0.438. The van der Waals surface area contributed by atoms with Gasteiger partial charge in [0, 0.05) is 12.2 Å². The topological polar surface area (TPSA) is 62.7 Å². The summed E-state index contributed by atoms with van der Waals surface area (Å²) in [6.07, 6.45) is 1.64. The van der Waals surface area contributed by atoms with Crippen LogP contribution in [-0.4, -0.2) is 21.7 Å². The summed E-state index contributed by atoms with van der Waals surface area (Å²) in [6, 6.07) is 8.24. The highest BCUT2D eigenvalue weighted by Gasteiger charge is 2.07. The quantitative estimate of drug-likeness (QED) is 0.845. The number of rotatable bonds is 6. The lowest BCUT2D eigenvalue weighted by atomic mass is 10.0. The van der Waals surface area contributed by atoms with Crippen molar-refractivity contribution in [1.29, 1.82) is 0 Å². The highest BCUT2D eigenvalue weighted by molar-refractivity contribution is 5.61. The van der Waals surface area contributed by atoms with E-state index in [2.05, 4.69) is 65.6 Å². The summed E-state index contributed by atoms with van der Waals surface area (Å²) in [5.74, 6) is 2.23. The van der Waals surface area contributed by atoms with Crippen molar-refractivity contribution >= 4 is 17.5 Å². The Balaban J connectivity index is 2.15. The van der Waals surface area contributed by atoms with E-state index in [0.29, 0.717) is 23.6 Å². The van der Waals surface area contributed by atoms with Gasteiger partial charge in [-0.1, -0.05) is 45.9 Å². The number of aromatic nitrogens is 3. The van der Waals surface area contributed by atoms with Gasteiger partial charge in [0.1, 0.15) is 0 Å². The van der Waals surface area contributed by atoms with Crippen molar-refractivity contribution in [2.45, 2.75) is 33.6 Å². The normalized spacial score (nSPS) is 11.0. The van der Waals surface area contributed by atoms with E-state index >= 15 is 0 Å². The number of anilines is 3. The second-order valence-electron chi connectivity index (χ2n) is 5.81. The molecule has 0 saturated heterocycles. The van der Waals surface area contributed by atoms with Crippen LogP contribution in [0, 0.1) is 5.92 Å². The third-order valence-corrected chi connectivity index (χ3v) is 3.07. The third kappa shape index (κ3) is 4.41. The van der Waals surface area contributed by atoms with E-state index in [1.54, 1.807) is 6.20 Å². The van der Waals surface area contributed by atoms with E-state index in [9.17, 15) is 0 Å². The van der Waals surface area contributed by atoms with E-state index in [4.69, 9.17) is 0 Å². The summed E-state index contributed by atoms with van der Waals surface area (Å²) < 4.78 is 0. The van der Waals surface area contributed by atoms with Crippen LogP contribution >= 0.6 is 0 Å². The monoisotopic (exact) mass is 285 g/mol. The van der Waals surface area contributed by atoms with Crippen LogP contribution in [0.1, 0.15) is 39.2 Å². The molecule has 5 nitrogen and oxygen atoms in total. The highest BCUT2D eigenvalue weighted by atomic mass is 15.3. The smallest absolute Gasteiger partial charge is 0.244 e. The van der Waals surface area contributed by atoms with Crippen molar-refractivity contribution in [2.24, 2.45) is 5.92 Å². The lowest BCUT2D eigenvalue weighted by Gasteiger charge is -2.14. The van der Waals surface area contributed by atoms with E-state index in [0.717, 1.165) is 12.2 Å². The maximum absolute atomic E-state index is 4.44. The molecule has 0 aliphatic carbocycles. The van der Waals surface area contributed by atoms with Crippen molar-refractivity contribution < 1.29 is 0 Å². The Labute approximate surface area is 126 Å². The summed E-state index contributed by atoms with van der Waals surface area (Å²) in [5.41, 5.74) is 2.32. The molecule has 0 unspecified atom stereocenters. The first-order chi connectivity index (χ1) is 10.1. The van der Waals surface area contributed by atoms with Crippen molar-refractivity contribution in [3.63, 3.8) is 0 Å². The predicted octanol–water partition coefficient (Wildman–Crippen LogP) is 3.81. The van der Waals surface area contributed by atoms with Gasteiger partial charge in [-0.15, -0.1) is 5.10 Å². The first kappa shape index (κ1) is 15.2. The van der Waals surface area contributed by atoms with Gasteiger partial charge < -0.3 is 10.6 Å². The SMILES string of the molecule is CC(C)CNc1nncc(Nc2ccccc2C(C)C)n1. The maximum atomic E-state index is 4.44. The maximum Gasteiger partial charge on any atom is 0.244 e. The number of hydrogen-bond donors (Lipinski definition) is 2. The molecule has 0 bridgehead atoms. The van der Waals surface area contributed by atoms with Gasteiger partial charge in [-0.3, -0.25) is 0 Å². The van der Waals surface area contributed by atoms with Crippen LogP contribution in [0.4, 0.5) is 17.5 Å². The van der Waals surface area contributed by atoms with Gasteiger partial charge in [0.25, 0.3) is 0 Å². The standard InChI is InChI=1S/C16H23N5/c1-11(2)9-17-16-20-15(10-18-21-16)19-14-8-6-5-7-13(14)12(3)4/h5-8,10-12H,9H2,1-4H3,(H2,17,19,20,21). The van der Waals surface area contributed by atoms with E-state index in [1.807, 2.05) is 12.1 Å². The molecule has 0 amide bonds. The van der Waals surface area contributed by atoms with Crippen LogP contribution in [-0.2, 0) is 0 Å².